The number of benzene rings is 1. The van der Waals surface area contributed by atoms with Crippen LogP contribution in [0.3, 0.4) is 0 Å². The van der Waals surface area contributed by atoms with Crippen molar-refractivity contribution >= 4 is 10.0 Å². The predicted octanol–water partition coefficient (Wildman–Crippen LogP) is 2.34. The number of aryl methyl sites for hydroxylation is 1. The summed E-state index contributed by atoms with van der Waals surface area (Å²) in [7, 11) is -3.39. The molecule has 1 N–H and O–H groups in total. The van der Waals surface area contributed by atoms with Gasteiger partial charge in [-0.3, -0.25) is 0 Å². The molecule has 0 aliphatic rings. The Bertz CT molecular complexity index is 466. The molecule has 0 amide bonds. The van der Waals surface area contributed by atoms with Gasteiger partial charge >= 0.3 is 0 Å². The number of sulfonamides is 1. The van der Waals surface area contributed by atoms with E-state index in [-0.39, 0.29) is 0 Å². The number of nitrogens with one attached hydrogen (secondary N) is 1. The second-order valence-electron chi connectivity index (χ2n) is 5.03. The Morgan fingerprint density at radius 3 is 2.42 bits per heavy atom. The van der Waals surface area contributed by atoms with E-state index in [1.54, 1.807) is 24.3 Å². The monoisotopic (exact) mass is 285 g/mol. The Balaban J connectivity index is 2.33. The van der Waals surface area contributed by atoms with Gasteiger partial charge in [-0.05, 0) is 31.4 Å². The summed E-state index contributed by atoms with van der Waals surface area (Å²) in [6.45, 7) is 7.78. The number of ether oxygens (including phenoxy) is 1. The highest BCUT2D eigenvalue weighted by Crippen LogP contribution is 2.09. The molecule has 0 saturated carbocycles. The van der Waals surface area contributed by atoms with Crippen molar-refractivity contribution in [1.82, 2.24) is 4.72 Å². The maximum atomic E-state index is 11.9. The summed E-state index contributed by atoms with van der Waals surface area (Å²) < 4.78 is 31.8. The molecular weight excluding hydrogens is 262 g/mol. The normalized spacial score (nSPS) is 12.0. The molecular formula is C14H23NO3S. The van der Waals surface area contributed by atoms with Crippen molar-refractivity contribution in [2.75, 3.05) is 19.8 Å². The van der Waals surface area contributed by atoms with Crippen LogP contribution in [0, 0.1) is 12.8 Å². The van der Waals surface area contributed by atoms with E-state index in [9.17, 15) is 8.42 Å². The molecule has 0 spiro atoms. The highest BCUT2D eigenvalue weighted by atomic mass is 32.2. The molecule has 5 heteroatoms. The van der Waals surface area contributed by atoms with Crippen molar-refractivity contribution in [2.45, 2.75) is 32.1 Å². The molecule has 0 aliphatic carbocycles. The smallest absolute Gasteiger partial charge is 0.240 e. The molecule has 1 aromatic rings. The first kappa shape index (κ1) is 16.1. The van der Waals surface area contributed by atoms with E-state index in [4.69, 9.17) is 4.74 Å². The maximum Gasteiger partial charge on any atom is 0.240 e. The molecule has 0 bridgehead atoms. The van der Waals surface area contributed by atoms with Crippen LogP contribution in [0.2, 0.25) is 0 Å². The van der Waals surface area contributed by atoms with E-state index >= 15 is 0 Å². The lowest BCUT2D eigenvalue weighted by Crippen LogP contribution is -2.25. The molecule has 0 fully saturated rings. The zero-order chi connectivity index (χ0) is 14.3. The molecule has 0 aliphatic heterocycles. The molecule has 0 heterocycles. The molecule has 108 valence electrons. The van der Waals surface area contributed by atoms with Crippen LogP contribution < -0.4 is 4.72 Å². The molecule has 4 nitrogen and oxygen atoms in total. The van der Waals surface area contributed by atoms with Crippen LogP contribution >= 0.6 is 0 Å². The van der Waals surface area contributed by atoms with Crippen molar-refractivity contribution in [3.8, 4) is 0 Å². The largest absolute Gasteiger partial charge is 0.381 e. The minimum Gasteiger partial charge on any atom is -0.381 e. The summed E-state index contributed by atoms with van der Waals surface area (Å²) in [5.41, 5.74) is 1.04. The van der Waals surface area contributed by atoms with Gasteiger partial charge in [0.2, 0.25) is 10.0 Å². The second-order valence-corrected chi connectivity index (χ2v) is 6.80. The molecule has 0 unspecified atom stereocenters. The van der Waals surface area contributed by atoms with Gasteiger partial charge in [0.15, 0.2) is 0 Å². The summed E-state index contributed by atoms with van der Waals surface area (Å²) in [4.78, 5) is 0.307. The third-order valence-corrected chi connectivity index (χ3v) is 4.02. The Morgan fingerprint density at radius 2 is 1.84 bits per heavy atom. The zero-order valence-electron chi connectivity index (χ0n) is 11.8. The first-order valence-corrected chi connectivity index (χ1v) is 8.04. The molecule has 0 radical (unpaired) electrons. The SMILES string of the molecule is Cc1ccc(S(=O)(=O)NCCCOCC(C)C)cc1. The lowest BCUT2D eigenvalue weighted by Gasteiger charge is -2.08. The van der Waals surface area contributed by atoms with Gasteiger partial charge in [-0.25, -0.2) is 13.1 Å². The molecule has 0 atom stereocenters. The van der Waals surface area contributed by atoms with Gasteiger partial charge in [0.05, 0.1) is 4.90 Å². The quantitative estimate of drug-likeness (QED) is 0.746. The first-order valence-electron chi connectivity index (χ1n) is 6.56. The topological polar surface area (TPSA) is 55.4 Å². The average Bonchev–Trinajstić information content (AvgIpc) is 2.34. The molecule has 0 aromatic heterocycles. The van der Waals surface area contributed by atoms with Crippen LogP contribution in [-0.4, -0.2) is 28.2 Å². The molecule has 0 saturated heterocycles. The highest BCUT2D eigenvalue weighted by molar-refractivity contribution is 7.89. The Kier molecular flexibility index (Phi) is 6.48. The van der Waals surface area contributed by atoms with Crippen LogP contribution in [0.4, 0.5) is 0 Å². The van der Waals surface area contributed by atoms with Crippen molar-refractivity contribution in [1.29, 1.82) is 0 Å². The summed E-state index contributed by atoms with van der Waals surface area (Å²) in [5.74, 6) is 0.504. The fourth-order valence-corrected chi connectivity index (χ4v) is 2.57. The van der Waals surface area contributed by atoms with Crippen LogP contribution in [-0.2, 0) is 14.8 Å². The van der Waals surface area contributed by atoms with E-state index in [1.807, 2.05) is 6.92 Å². The van der Waals surface area contributed by atoms with Gasteiger partial charge in [-0.2, -0.15) is 0 Å². The standard InChI is InChI=1S/C14H23NO3S/c1-12(2)11-18-10-4-9-15-19(16,17)14-7-5-13(3)6-8-14/h5-8,12,15H,4,9-11H2,1-3H3. The number of hydrogen-bond donors (Lipinski definition) is 1. The fourth-order valence-electron chi connectivity index (χ4n) is 1.50. The van der Waals surface area contributed by atoms with Gasteiger partial charge in [0.25, 0.3) is 0 Å². The maximum absolute atomic E-state index is 11.9. The van der Waals surface area contributed by atoms with E-state index in [2.05, 4.69) is 18.6 Å². The molecule has 19 heavy (non-hydrogen) atoms. The third kappa shape index (κ3) is 6.18. The van der Waals surface area contributed by atoms with Gasteiger partial charge in [0, 0.05) is 19.8 Å². The van der Waals surface area contributed by atoms with Gasteiger partial charge in [-0.15, -0.1) is 0 Å². The summed E-state index contributed by atoms with van der Waals surface area (Å²) >= 11 is 0. The van der Waals surface area contributed by atoms with Crippen LogP contribution in [0.5, 0.6) is 0 Å². The number of hydrogen-bond acceptors (Lipinski definition) is 3. The van der Waals surface area contributed by atoms with E-state index in [0.717, 1.165) is 5.56 Å². The average molecular weight is 285 g/mol. The van der Waals surface area contributed by atoms with E-state index < -0.39 is 10.0 Å². The first-order chi connectivity index (χ1) is 8.92. The van der Waals surface area contributed by atoms with Gasteiger partial charge in [0.1, 0.15) is 0 Å². The lowest BCUT2D eigenvalue weighted by atomic mass is 10.2. The van der Waals surface area contributed by atoms with Gasteiger partial charge in [-0.1, -0.05) is 31.5 Å². The van der Waals surface area contributed by atoms with E-state index in [0.29, 0.717) is 37.0 Å². The van der Waals surface area contributed by atoms with Gasteiger partial charge < -0.3 is 4.74 Å². The summed E-state index contributed by atoms with van der Waals surface area (Å²) in [6, 6.07) is 6.82. The fraction of sp³-hybridized carbons (Fsp3) is 0.571. The van der Waals surface area contributed by atoms with Crippen molar-refractivity contribution in [2.24, 2.45) is 5.92 Å². The zero-order valence-corrected chi connectivity index (χ0v) is 12.7. The summed E-state index contributed by atoms with van der Waals surface area (Å²) in [5, 5.41) is 0. The van der Waals surface area contributed by atoms with Crippen LogP contribution in [0.1, 0.15) is 25.8 Å². The van der Waals surface area contributed by atoms with Crippen molar-refractivity contribution in [3.05, 3.63) is 29.8 Å². The Morgan fingerprint density at radius 1 is 1.21 bits per heavy atom. The summed E-state index contributed by atoms with van der Waals surface area (Å²) in [6.07, 6.45) is 0.678. The lowest BCUT2D eigenvalue weighted by molar-refractivity contribution is 0.108. The van der Waals surface area contributed by atoms with Crippen LogP contribution in [0.15, 0.2) is 29.2 Å². The number of rotatable bonds is 8. The predicted molar refractivity (Wildman–Crippen MR) is 76.6 cm³/mol. The van der Waals surface area contributed by atoms with Crippen LogP contribution in [0.25, 0.3) is 0 Å². The minimum absolute atomic E-state index is 0.307. The molecule has 1 rings (SSSR count). The van der Waals surface area contributed by atoms with E-state index in [1.165, 1.54) is 0 Å². The minimum atomic E-state index is -3.39. The van der Waals surface area contributed by atoms with Crippen molar-refractivity contribution in [3.63, 3.8) is 0 Å². The second kappa shape index (κ2) is 7.62. The highest BCUT2D eigenvalue weighted by Gasteiger charge is 2.12. The molecule has 1 aromatic carbocycles. The van der Waals surface area contributed by atoms with Crippen molar-refractivity contribution < 1.29 is 13.2 Å². The third-order valence-electron chi connectivity index (χ3n) is 2.54. The Labute approximate surface area is 116 Å². The Hall–Kier alpha value is -0.910.